The molecular formula is C14H15O4P. The minimum atomic E-state index is -4.47. The van der Waals surface area contributed by atoms with Crippen LogP contribution in [0.1, 0.15) is 22.9 Å². The molecule has 0 spiro atoms. The van der Waals surface area contributed by atoms with Crippen LogP contribution in [0, 0.1) is 0 Å². The van der Waals surface area contributed by atoms with Gasteiger partial charge in [-0.05, 0) is 11.1 Å². The van der Waals surface area contributed by atoms with Gasteiger partial charge in [0.25, 0.3) is 0 Å². The van der Waals surface area contributed by atoms with Crippen molar-refractivity contribution in [1.82, 2.24) is 0 Å². The van der Waals surface area contributed by atoms with E-state index in [-0.39, 0.29) is 0 Å². The summed E-state index contributed by atoms with van der Waals surface area (Å²) in [6.45, 7) is 0. The molecule has 0 saturated heterocycles. The average Bonchev–Trinajstić information content (AvgIpc) is 2.39. The van der Waals surface area contributed by atoms with E-state index in [0.29, 0.717) is 11.1 Å². The second kappa shape index (κ2) is 5.68. The first-order chi connectivity index (χ1) is 9.00. The van der Waals surface area contributed by atoms with Gasteiger partial charge in [-0.1, -0.05) is 60.7 Å². The van der Waals surface area contributed by atoms with E-state index in [1.54, 1.807) is 60.7 Å². The third-order valence-electron chi connectivity index (χ3n) is 2.94. The summed E-state index contributed by atoms with van der Waals surface area (Å²) < 4.78 is 11.7. The highest BCUT2D eigenvalue weighted by Gasteiger charge is 2.37. The van der Waals surface area contributed by atoms with Crippen LogP contribution in [0.2, 0.25) is 0 Å². The quantitative estimate of drug-likeness (QED) is 0.751. The van der Waals surface area contributed by atoms with Crippen LogP contribution in [-0.2, 0) is 4.57 Å². The zero-order chi connectivity index (χ0) is 13.9. The number of hydrogen-bond donors (Lipinski definition) is 3. The third-order valence-corrected chi connectivity index (χ3v) is 4.25. The van der Waals surface area contributed by atoms with Crippen molar-refractivity contribution in [3.05, 3.63) is 71.8 Å². The van der Waals surface area contributed by atoms with Crippen molar-refractivity contribution in [2.24, 2.45) is 0 Å². The smallest absolute Gasteiger partial charge is 0.335 e. The Morgan fingerprint density at radius 2 is 1.21 bits per heavy atom. The first-order valence-electron chi connectivity index (χ1n) is 5.83. The van der Waals surface area contributed by atoms with Gasteiger partial charge in [0.2, 0.25) is 0 Å². The number of aliphatic hydroxyl groups is 1. The Hall–Kier alpha value is -1.45. The van der Waals surface area contributed by atoms with Gasteiger partial charge in [0.15, 0.2) is 0 Å². The molecule has 19 heavy (non-hydrogen) atoms. The first-order valence-corrected chi connectivity index (χ1v) is 7.51. The van der Waals surface area contributed by atoms with Gasteiger partial charge >= 0.3 is 7.60 Å². The van der Waals surface area contributed by atoms with Crippen LogP contribution in [0.3, 0.4) is 0 Å². The molecule has 100 valence electrons. The minimum absolute atomic E-state index is 0.423. The van der Waals surface area contributed by atoms with Crippen molar-refractivity contribution in [3.63, 3.8) is 0 Å². The minimum Gasteiger partial charge on any atom is -0.387 e. The molecule has 0 aliphatic rings. The summed E-state index contributed by atoms with van der Waals surface area (Å²) in [4.78, 5) is 19.0. The Kier molecular flexibility index (Phi) is 4.17. The Morgan fingerprint density at radius 1 is 0.789 bits per heavy atom. The van der Waals surface area contributed by atoms with E-state index < -0.39 is 19.4 Å². The standard InChI is InChI=1S/C14H15O4P/c15-13(11-7-3-1-4-8-11)14(19(16,17)18)12-9-5-2-6-10-12/h1-10,13-15H,(H2,16,17,18). The monoisotopic (exact) mass is 278 g/mol. The second-order valence-corrected chi connectivity index (χ2v) is 6.03. The van der Waals surface area contributed by atoms with Crippen LogP contribution in [0.5, 0.6) is 0 Å². The molecule has 2 aromatic rings. The summed E-state index contributed by atoms with van der Waals surface area (Å²) in [7, 11) is -4.47. The molecule has 2 aromatic carbocycles. The summed E-state index contributed by atoms with van der Waals surface area (Å²) in [6.07, 6.45) is -1.25. The maximum absolute atomic E-state index is 11.7. The number of rotatable bonds is 4. The van der Waals surface area contributed by atoms with Crippen LogP contribution in [0.4, 0.5) is 0 Å². The van der Waals surface area contributed by atoms with E-state index in [2.05, 4.69) is 0 Å². The van der Waals surface area contributed by atoms with Gasteiger partial charge < -0.3 is 14.9 Å². The lowest BCUT2D eigenvalue weighted by Gasteiger charge is -2.24. The number of benzene rings is 2. The molecule has 0 radical (unpaired) electrons. The van der Waals surface area contributed by atoms with Crippen LogP contribution in [0.15, 0.2) is 60.7 Å². The first kappa shape index (κ1) is 14.0. The van der Waals surface area contributed by atoms with E-state index in [1.165, 1.54) is 0 Å². The summed E-state index contributed by atoms with van der Waals surface area (Å²) in [5, 5.41) is 10.3. The van der Waals surface area contributed by atoms with Gasteiger partial charge in [-0.2, -0.15) is 0 Å². The molecule has 0 aliphatic heterocycles. The summed E-state index contributed by atoms with van der Waals surface area (Å²) >= 11 is 0. The van der Waals surface area contributed by atoms with Crippen molar-refractivity contribution < 1.29 is 19.5 Å². The molecule has 0 heterocycles. The molecule has 2 rings (SSSR count). The van der Waals surface area contributed by atoms with Gasteiger partial charge in [0, 0.05) is 0 Å². The van der Waals surface area contributed by atoms with Crippen molar-refractivity contribution in [2.45, 2.75) is 11.8 Å². The lowest BCUT2D eigenvalue weighted by molar-refractivity contribution is 0.159. The van der Waals surface area contributed by atoms with E-state index in [9.17, 15) is 19.5 Å². The molecule has 0 bridgehead atoms. The van der Waals surface area contributed by atoms with Crippen molar-refractivity contribution in [3.8, 4) is 0 Å². The van der Waals surface area contributed by atoms with Gasteiger partial charge in [0.05, 0.1) is 6.10 Å². The fraction of sp³-hybridized carbons (Fsp3) is 0.143. The summed E-state index contributed by atoms with van der Waals surface area (Å²) in [5.41, 5.74) is -0.344. The molecule has 2 atom stereocenters. The maximum Gasteiger partial charge on any atom is 0.335 e. The van der Waals surface area contributed by atoms with Gasteiger partial charge in [0.1, 0.15) is 5.66 Å². The molecule has 5 heteroatoms. The summed E-state index contributed by atoms with van der Waals surface area (Å²) in [5.74, 6) is 0. The molecule has 0 fully saturated rings. The van der Waals surface area contributed by atoms with Crippen LogP contribution >= 0.6 is 7.60 Å². The zero-order valence-corrected chi connectivity index (χ0v) is 11.0. The van der Waals surface area contributed by atoms with Crippen LogP contribution in [-0.4, -0.2) is 14.9 Å². The van der Waals surface area contributed by atoms with E-state index >= 15 is 0 Å². The topological polar surface area (TPSA) is 77.8 Å². The van der Waals surface area contributed by atoms with Gasteiger partial charge in [-0.3, -0.25) is 4.57 Å². The highest BCUT2D eigenvalue weighted by atomic mass is 31.2. The second-order valence-electron chi connectivity index (χ2n) is 4.30. The lowest BCUT2D eigenvalue weighted by Crippen LogP contribution is -2.11. The largest absolute Gasteiger partial charge is 0.387 e. The molecule has 0 aromatic heterocycles. The SMILES string of the molecule is O=P(O)(O)C(c1ccccc1)C(O)c1ccccc1. The summed E-state index contributed by atoms with van der Waals surface area (Å²) in [6, 6.07) is 16.9. The number of hydrogen-bond acceptors (Lipinski definition) is 2. The predicted molar refractivity (Wildman–Crippen MR) is 72.6 cm³/mol. The lowest BCUT2D eigenvalue weighted by atomic mass is 10.0. The normalized spacial score (nSPS) is 14.9. The Labute approximate surface area is 111 Å². The van der Waals surface area contributed by atoms with E-state index in [1.807, 2.05) is 0 Å². The molecule has 4 nitrogen and oxygen atoms in total. The Bertz CT molecular complexity index is 565. The van der Waals surface area contributed by atoms with E-state index in [0.717, 1.165) is 0 Å². The van der Waals surface area contributed by atoms with Gasteiger partial charge in [-0.15, -0.1) is 0 Å². The van der Waals surface area contributed by atoms with Crippen LogP contribution in [0.25, 0.3) is 0 Å². The van der Waals surface area contributed by atoms with Gasteiger partial charge in [-0.25, -0.2) is 0 Å². The highest BCUT2D eigenvalue weighted by molar-refractivity contribution is 7.52. The third kappa shape index (κ3) is 3.31. The Morgan fingerprint density at radius 3 is 1.63 bits per heavy atom. The fourth-order valence-corrected chi connectivity index (χ4v) is 3.14. The average molecular weight is 278 g/mol. The Balaban J connectivity index is 2.43. The van der Waals surface area contributed by atoms with E-state index in [4.69, 9.17) is 0 Å². The molecule has 0 amide bonds. The number of aliphatic hydroxyl groups excluding tert-OH is 1. The molecule has 3 N–H and O–H groups in total. The predicted octanol–water partition coefficient (Wildman–Crippen LogP) is 2.64. The molecule has 0 aliphatic carbocycles. The fourth-order valence-electron chi connectivity index (χ4n) is 2.04. The zero-order valence-electron chi connectivity index (χ0n) is 10.1. The van der Waals surface area contributed by atoms with Crippen LogP contribution < -0.4 is 0 Å². The van der Waals surface area contributed by atoms with Crippen molar-refractivity contribution in [2.75, 3.05) is 0 Å². The molecular weight excluding hydrogens is 263 g/mol. The maximum atomic E-state index is 11.7. The molecule has 0 saturated carbocycles. The van der Waals surface area contributed by atoms with Crippen molar-refractivity contribution >= 4 is 7.60 Å². The molecule has 2 unspecified atom stereocenters. The highest BCUT2D eigenvalue weighted by Crippen LogP contribution is 2.57. The van der Waals surface area contributed by atoms with Crippen molar-refractivity contribution in [1.29, 1.82) is 0 Å².